The van der Waals surface area contributed by atoms with Gasteiger partial charge < -0.3 is 9.84 Å². The summed E-state index contributed by atoms with van der Waals surface area (Å²) in [5, 5.41) is 9.40. The molecule has 0 aliphatic heterocycles. The number of benzene rings is 1. The highest BCUT2D eigenvalue weighted by molar-refractivity contribution is 7.09. The number of ether oxygens (including phenoxy) is 1. The van der Waals surface area contributed by atoms with Crippen LogP contribution < -0.4 is 4.74 Å². The molecule has 18 heavy (non-hydrogen) atoms. The van der Waals surface area contributed by atoms with E-state index in [1.54, 1.807) is 18.3 Å². The maximum atomic E-state index is 9.40. The van der Waals surface area contributed by atoms with Gasteiger partial charge in [0.1, 0.15) is 5.75 Å². The van der Waals surface area contributed by atoms with E-state index in [4.69, 9.17) is 4.74 Å². The summed E-state index contributed by atoms with van der Waals surface area (Å²) in [7, 11) is 0. The Bertz CT molecular complexity index is 491. The van der Waals surface area contributed by atoms with Crippen molar-refractivity contribution in [2.24, 2.45) is 0 Å². The number of aromatic nitrogens is 1. The van der Waals surface area contributed by atoms with Gasteiger partial charge in [-0.25, -0.2) is 4.98 Å². The Hall–Kier alpha value is -1.39. The lowest BCUT2D eigenvalue weighted by Gasteiger charge is -2.08. The van der Waals surface area contributed by atoms with Crippen molar-refractivity contribution in [1.29, 1.82) is 0 Å². The largest absolute Gasteiger partial charge is 0.493 e. The second kappa shape index (κ2) is 5.98. The molecular weight excluding hydrogens is 246 g/mol. The number of nitrogens with zero attached hydrogens (tertiary/aromatic N) is 1. The Balaban J connectivity index is 1.85. The van der Waals surface area contributed by atoms with Gasteiger partial charge in [-0.2, -0.15) is 0 Å². The summed E-state index contributed by atoms with van der Waals surface area (Å²) < 4.78 is 5.67. The normalized spacial score (nSPS) is 12.4. The SMILES string of the molecule is Cc1ncsc1CCOc1ccc([C@H](C)O)cc1. The van der Waals surface area contributed by atoms with Crippen LogP contribution in [-0.2, 0) is 6.42 Å². The average molecular weight is 263 g/mol. The molecule has 0 aliphatic carbocycles. The molecule has 0 bridgehead atoms. The molecule has 0 saturated carbocycles. The monoisotopic (exact) mass is 263 g/mol. The fourth-order valence-corrected chi connectivity index (χ4v) is 2.43. The Kier molecular flexibility index (Phi) is 4.33. The van der Waals surface area contributed by atoms with Crippen LogP contribution in [0.2, 0.25) is 0 Å². The van der Waals surface area contributed by atoms with Crippen molar-refractivity contribution in [3.63, 3.8) is 0 Å². The molecule has 0 fully saturated rings. The minimum atomic E-state index is -0.432. The summed E-state index contributed by atoms with van der Waals surface area (Å²) >= 11 is 1.67. The van der Waals surface area contributed by atoms with Gasteiger partial charge in [0.15, 0.2) is 0 Å². The second-order valence-corrected chi connectivity index (χ2v) is 5.14. The minimum absolute atomic E-state index is 0.432. The number of thiazole rings is 1. The molecule has 0 radical (unpaired) electrons. The minimum Gasteiger partial charge on any atom is -0.493 e. The van der Waals surface area contributed by atoms with Gasteiger partial charge in [-0.1, -0.05) is 12.1 Å². The third kappa shape index (κ3) is 3.31. The van der Waals surface area contributed by atoms with Gasteiger partial charge in [-0.15, -0.1) is 11.3 Å². The fourth-order valence-electron chi connectivity index (χ4n) is 1.67. The standard InChI is InChI=1S/C14H17NO2S/c1-10-14(18-9-15-10)7-8-17-13-5-3-12(4-6-13)11(2)16/h3-6,9,11,16H,7-8H2,1-2H3/t11-/m0/s1. The molecule has 1 N–H and O–H groups in total. The molecule has 2 aromatic rings. The van der Waals surface area contributed by atoms with Crippen LogP contribution >= 0.6 is 11.3 Å². The van der Waals surface area contributed by atoms with Crippen molar-refractivity contribution in [2.75, 3.05) is 6.61 Å². The Morgan fingerprint density at radius 3 is 2.61 bits per heavy atom. The molecule has 0 aliphatic rings. The summed E-state index contributed by atoms with van der Waals surface area (Å²) in [6, 6.07) is 7.55. The van der Waals surface area contributed by atoms with Crippen molar-refractivity contribution < 1.29 is 9.84 Å². The molecule has 2 rings (SSSR count). The van der Waals surface area contributed by atoms with Crippen LogP contribution in [0.1, 0.15) is 29.2 Å². The lowest BCUT2D eigenvalue weighted by molar-refractivity contribution is 0.199. The van der Waals surface area contributed by atoms with E-state index in [1.165, 1.54) is 4.88 Å². The van der Waals surface area contributed by atoms with Crippen LogP contribution in [0.25, 0.3) is 0 Å². The number of rotatable bonds is 5. The van der Waals surface area contributed by atoms with Gasteiger partial charge in [-0.3, -0.25) is 0 Å². The van der Waals surface area contributed by atoms with Crippen LogP contribution in [0, 0.1) is 6.92 Å². The van der Waals surface area contributed by atoms with Crippen molar-refractivity contribution in [3.8, 4) is 5.75 Å². The first-order valence-corrected chi connectivity index (χ1v) is 6.84. The molecule has 3 nitrogen and oxygen atoms in total. The fraction of sp³-hybridized carbons (Fsp3) is 0.357. The number of hydrogen-bond donors (Lipinski definition) is 1. The molecule has 0 unspecified atom stereocenters. The number of aliphatic hydroxyl groups is 1. The van der Waals surface area contributed by atoms with E-state index in [-0.39, 0.29) is 0 Å². The molecule has 0 amide bonds. The number of aliphatic hydroxyl groups excluding tert-OH is 1. The van der Waals surface area contributed by atoms with Crippen LogP contribution in [0.15, 0.2) is 29.8 Å². The predicted molar refractivity (Wildman–Crippen MR) is 73.1 cm³/mol. The van der Waals surface area contributed by atoms with E-state index in [0.29, 0.717) is 6.61 Å². The van der Waals surface area contributed by atoms with E-state index in [2.05, 4.69) is 4.98 Å². The van der Waals surface area contributed by atoms with Crippen molar-refractivity contribution in [3.05, 3.63) is 45.9 Å². The first kappa shape index (κ1) is 13.1. The Labute approximate surface area is 111 Å². The topological polar surface area (TPSA) is 42.4 Å². The molecule has 1 atom stereocenters. The van der Waals surface area contributed by atoms with E-state index in [0.717, 1.165) is 23.4 Å². The highest BCUT2D eigenvalue weighted by Crippen LogP contribution is 2.18. The lowest BCUT2D eigenvalue weighted by Crippen LogP contribution is -2.01. The third-order valence-electron chi connectivity index (χ3n) is 2.81. The van der Waals surface area contributed by atoms with E-state index in [9.17, 15) is 5.11 Å². The molecule has 1 aromatic heterocycles. The summed E-state index contributed by atoms with van der Waals surface area (Å²) in [5.41, 5.74) is 3.86. The maximum absolute atomic E-state index is 9.40. The van der Waals surface area contributed by atoms with Gasteiger partial charge >= 0.3 is 0 Å². The van der Waals surface area contributed by atoms with Crippen LogP contribution in [0.4, 0.5) is 0 Å². The summed E-state index contributed by atoms with van der Waals surface area (Å²) in [6.07, 6.45) is 0.452. The molecule has 1 heterocycles. The van der Waals surface area contributed by atoms with Crippen molar-refractivity contribution in [1.82, 2.24) is 4.98 Å². The van der Waals surface area contributed by atoms with E-state index in [1.807, 2.05) is 36.7 Å². The van der Waals surface area contributed by atoms with Gasteiger partial charge in [0.05, 0.1) is 23.9 Å². The quantitative estimate of drug-likeness (QED) is 0.901. The number of aryl methyl sites for hydroxylation is 1. The van der Waals surface area contributed by atoms with Gasteiger partial charge in [0.2, 0.25) is 0 Å². The van der Waals surface area contributed by atoms with E-state index >= 15 is 0 Å². The summed E-state index contributed by atoms with van der Waals surface area (Å²) in [6.45, 7) is 4.42. The highest BCUT2D eigenvalue weighted by atomic mass is 32.1. The summed E-state index contributed by atoms with van der Waals surface area (Å²) in [5.74, 6) is 0.835. The zero-order valence-electron chi connectivity index (χ0n) is 10.6. The van der Waals surface area contributed by atoms with Crippen LogP contribution in [0.3, 0.4) is 0 Å². The van der Waals surface area contributed by atoms with Gasteiger partial charge in [0, 0.05) is 11.3 Å². The average Bonchev–Trinajstić information content (AvgIpc) is 2.76. The predicted octanol–water partition coefficient (Wildman–Crippen LogP) is 3.13. The smallest absolute Gasteiger partial charge is 0.119 e. The molecule has 1 aromatic carbocycles. The first-order valence-electron chi connectivity index (χ1n) is 5.96. The zero-order chi connectivity index (χ0) is 13.0. The van der Waals surface area contributed by atoms with Crippen molar-refractivity contribution in [2.45, 2.75) is 26.4 Å². The molecule has 4 heteroatoms. The Morgan fingerprint density at radius 2 is 2.06 bits per heavy atom. The lowest BCUT2D eigenvalue weighted by atomic mass is 10.1. The first-order chi connectivity index (χ1) is 8.66. The molecular formula is C14H17NO2S. The summed E-state index contributed by atoms with van der Waals surface area (Å²) in [4.78, 5) is 5.48. The van der Waals surface area contributed by atoms with Crippen molar-refractivity contribution >= 4 is 11.3 Å². The van der Waals surface area contributed by atoms with Gasteiger partial charge in [-0.05, 0) is 31.5 Å². The number of hydrogen-bond acceptors (Lipinski definition) is 4. The van der Waals surface area contributed by atoms with Crippen LogP contribution in [0.5, 0.6) is 5.75 Å². The molecule has 96 valence electrons. The highest BCUT2D eigenvalue weighted by Gasteiger charge is 2.03. The zero-order valence-corrected chi connectivity index (χ0v) is 11.4. The van der Waals surface area contributed by atoms with Gasteiger partial charge in [0.25, 0.3) is 0 Å². The maximum Gasteiger partial charge on any atom is 0.119 e. The molecule has 0 saturated heterocycles. The molecule has 0 spiro atoms. The third-order valence-corrected chi connectivity index (χ3v) is 3.80. The Morgan fingerprint density at radius 1 is 1.33 bits per heavy atom. The van der Waals surface area contributed by atoms with Crippen LogP contribution in [-0.4, -0.2) is 16.7 Å². The van der Waals surface area contributed by atoms with E-state index < -0.39 is 6.10 Å². The second-order valence-electron chi connectivity index (χ2n) is 4.20.